The molecule has 0 saturated heterocycles. The highest BCUT2D eigenvalue weighted by atomic mass is 32.1. The van der Waals surface area contributed by atoms with Crippen LogP contribution in [0.15, 0.2) is 60.9 Å². The second-order valence-electron chi connectivity index (χ2n) is 4.56. The topological polar surface area (TPSA) is 56.5 Å². The maximum Gasteiger partial charge on any atom is 0.174 e. The van der Waals surface area contributed by atoms with Gasteiger partial charge in [0.1, 0.15) is 5.01 Å². The lowest BCUT2D eigenvalue weighted by atomic mass is 10.2. The Morgan fingerprint density at radius 2 is 1.95 bits per heavy atom. The maximum atomic E-state index is 4.64. The third-order valence-corrected chi connectivity index (χ3v) is 3.93. The summed E-state index contributed by atoms with van der Waals surface area (Å²) in [4.78, 5) is 4.64. The molecule has 105 valence electrons. The fourth-order valence-electron chi connectivity index (χ4n) is 2.17. The van der Waals surface area contributed by atoms with Crippen LogP contribution < -0.4 is 0 Å². The first-order valence-corrected chi connectivity index (χ1v) is 7.46. The van der Waals surface area contributed by atoms with Crippen LogP contribution in [-0.4, -0.2) is 24.4 Å². The SMILES string of the molecule is [c]1ccccc1-c1nsc(-c2ccccc2-n2ccnn2)n1. The second-order valence-corrected chi connectivity index (χ2v) is 5.32. The van der Waals surface area contributed by atoms with Gasteiger partial charge in [0, 0.05) is 11.1 Å². The molecule has 0 atom stereocenters. The van der Waals surface area contributed by atoms with Crippen molar-refractivity contribution in [1.82, 2.24) is 24.4 Å². The summed E-state index contributed by atoms with van der Waals surface area (Å²) in [5, 5.41) is 8.76. The predicted octanol–water partition coefficient (Wildman–Crippen LogP) is 3.25. The summed E-state index contributed by atoms with van der Waals surface area (Å²) in [6.07, 6.45) is 3.47. The molecular formula is C16H10N5S. The van der Waals surface area contributed by atoms with Crippen LogP contribution in [0.3, 0.4) is 0 Å². The summed E-state index contributed by atoms with van der Waals surface area (Å²) < 4.78 is 6.17. The number of hydrogen-bond donors (Lipinski definition) is 0. The minimum atomic E-state index is 0.689. The largest absolute Gasteiger partial charge is 0.220 e. The van der Waals surface area contributed by atoms with Gasteiger partial charge >= 0.3 is 0 Å². The molecule has 4 aromatic rings. The van der Waals surface area contributed by atoms with E-state index in [0.717, 1.165) is 21.8 Å². The molecule has 0 fully saturated rings. The number of aromatic nitrogens is 5. The van der Waals surface area contributed by atoms with Gasteiger partial charge in [0.25, 0.3) is 0 Å². The average molecular weight is 304 g/mol. The van der Waals surface area contributed by atoms with Gasteiger partial charge in [-0.2, -0.15) is 4.37 Å². The van der Waals surface area contributed by atoms with Gasteiger partial charge in [-0.25, -0.2) is 9.67 Å². The molecule has 0 amide bonds. The molecular weight excluding hydrogens is 294 g/mol. The number of para-hydroxylation sites is 1. The summed E-state index contributed by atoms with van der Waals surface area (Å²) in [6, 6.07) is 18.8. The number of benzene rings is 2. The molecule has 0 aliphatic rings. The van der Waals surface area contributed by atoms with Gasteiger partial charge in [-0.3, -0.25) is 0 Å². The van der Waals surface area contributed by atoms with E-state index in [0.29, 0.717) is 5.82 Å². The lowest BCUT2D eigenvalue weighted by molar-refractivity contribution is 0.804. The van der Waals surface area contributed by atoms with E-state index in [-0.39, 0.29) is 0 Å². The monoisotopic (exact) mass is 304 g/mol. The van der Waals surface area contributed by atoms with Crippen LogP contribution in [0.5, 0.6) is 0 Å². The van der Waals surface area contributed by atoms with Crippen LogP contribution in [0.4, 0.5) is 0 Å². The molecule has 4 rings (SSSR count). The van der Waals surface area contributed by atoms with Crippen molar-refractivity contribution in [2.24, 2.45) is 0 Å². The normalized spacial score (nSPS) is 10.7. The Balaban J connectivity index is 1.80. The molecule has 2 heterocycles. The highest BCUT2D eigenvalue weighted by Gasteiger charge is 2.13. The predicted molar refractivity (Wildman–Crippen MR) is 84.5 cm³/mol. The summed E-state index contributed by atoms with van der Waals surface area (Å²) in [7, 11) is 0. The van der Waals surface area contributed by atoms with Crippen LogP contribution in [0, 0.1) is 6.07 Å². The first-order chi connectivity index (χ1) is 10.9. The molecule has 22 heavy (non-hydrogen) atoms. The van der Waals surface area contributed by atoms with Crippen molar-refractivity contribution in [3.05, 3.63) is 67.0 Å². The molecule has 0 saturated carbocycles. The van der Waals surface area contributed by atoms with Crippen LogP contribution in [0.2, 0.25) is 0 Å². The van der Waals surface area contributed by atoms with E-state index in [1.54, 1.807) is 10.9 Å². The lowest BCUT2D eigenvalue weighted by Crippen LogP contribution is -1.97. The summed E-state index contributed by atoms with van der Waals surface area (Å²) in [6.45, 7) is 0. The zero-order valence-electron chi connectivity index (χ0n) is 11.4. The Kier molecular flexibility index (Phi) is 3.21. The van der Waals surface area contributed by atoms with Gasteiger partial charge < -0.3 is 0 Å². The number of rotatable bonds is 3. The Labute approximate surface area is 131 Å². The standard InChI is InChI=1S/C16H10N5S/c1-2-6-12(7-3-1)15-18-16(22-19-15)13-8-4-5-9-14(13)21-11-10-17-20-21/h1-6,8-11H. The van der Waals surface area contributed by atoms with Gasteiger partial charge in [-0.05, 0) is 29.7 Å². The van der Waals surface area contributed by atoms with E-state index in [1.165, 1.54) is 11.5 Å². The minimum absolute atomic E-state index is 0.689. The third kappa shape index (κ3) is 2.29. The quantitative estimate of drug-likeness (QED) is 0.583. The number of hydrogen-bond acceptors (Lipinski definition) is 5. The zero-order valence-corrected chi connectivity index (χ0v) is 12.2. The van der Waals surface area contributed by atoms with Gasteiger partial charge in [-0.1, -0.05) is 41.6 Å². The third-order valence-electron chi connectivity index (χ3n) is 3.18. The van der Waals surface area contributed by atoms with Crippen molar-refractivity contribution >= 4 is 11.5 Å². The number of nitrogens with zero attached hydrogens (tertiary/aromatic N) is 5. The van der Waals surface area contributed by atoms with Gasteiger partial charge in [0.05, 0.1) is 18.1 Å². The van der Waals surface area contributed by atoms with E-state index < -0.39 is 0 Å². The van der Waals surface area contributed by atoms with Gasteiger partial charge in [-0.15, -0.1) is 5.10 Å². The smallest absolute Gasteiger partial charge is 0.174 e. The van der Waals surface area contributed by atoms with Crippen molar-refractivity contribution < 1.29 is 0 Å². The van der Waals surface area contributed by atoms with Crippen LogP contribution >= 0.6 is 11.5 Å². The van der Waals surface area contributed by atoms with Crippen molar-refractivity contribution in [3.8, 4) is 27.6 Å². The van der Waals surface area contributed by atoms with Crippen molar-refractivity contribution in [1.29, 1.82) is 0 Å². The summed E-state index contributed by atoms with van der Waals surface area (Å²) in [5.74, 6) is 0.689. The molecule has 0 N–H and O–H groups in total. The molecule has 0 spiro atoms. The molecule has 2 aromatic carbocycles. The molecule has 6 heteroatoms. The van der Waals surface area contributed by atoms with E-state index >= 15 is 0 Å². The molecule has 0 unspecified atom stereocenters. The molecule has 0 bridgehead atoms. The van der Waals surface area contributed by atoms with Crippen LogP contribution in [-0.2, 0) is 0 Å². The molecule has 2 aromatic heterocycles. The van der Waals surface area contributed by atoms with Crippen molar-refractivity contribution in [2.45, 2.75) is 0 Å². The van der Waals surface area contributed by atoms with E-state index in [4.69, 9.17) is 0 Å². The first kappa shape index (κ1) is 12.8. The van der Waals surface area contributed by atoms with E-state index in [1.807, 2.05) is 54.7 Å². The summed E-state index contributed by atoms with van der Waals surface area (Å²) >= 11 is 1.37. The second kappa shape index (κ2) is 5.50. The highest BCUT2D eigenvalue weighted by molar-refractivity contribution is 7.09. The van der Waals surface area contributed by atoms with Gasteiger partial charge in [0.15, 0.2) is 5.82 Å². The van der Waals surface area contributed by atoms with Crippen molar-refractivity contribution in [3.63, 3.8) is 0 Å². The fourth-order valence-corrected chi connectivity index (χ4v) is 2.88. The Morgan fingerprint density at radius 3 is 2.77 bits per heavy atom. The Bertz CT molecular complexity index is 884. The average Bonchev–Trinajstić information content (AvgIpc) is 3.28. The maximum absolute atomic E-state index is 4.64. The first-order valence-electron chi connectivity index (χ1n) is 6.69. The minimum Gasteiger partial charge on any atom is -0.220 e. The van der Waals surface area contributed by atoms with Gasteiger partial charge in [0.2, 0.25) is 0 Å². The highest BCUT2D eigenvalue weighted by Crippen LogP contribution is 2.29. The molecule has 1 radical (unpaired) electrons. The Hall–Kier alpha value is -2.86. The molecule has 5 nitrogen and oxygen atoms in total. The zero-order chi connectivity index (χ0) is 14.8. The molecule has 0 aliphatic carbocycles. The van der Waals surface area contributed by atoms with E-state index in [9.17, 15) is 0 Å². The fraction of sp³-hybridized carbons (Fsp3) is 0. The van der Waals surface area contributed by atoms with E-state index in [2.05, 4.69) is 25.7 Å². The van der Waals surface area contributed by atoms with Crippen LogP contribution in [0.25, 0.3) is 27.6 Å². The summed E-state index contributed by atoms with van der Waals surface area (Å²) in [5.41, 5.74) is 2.80. The lowest BCUT2D eigenvalue weighted by Gasteiger charge is -2.05. The molecule has 0 aliphatic heterocycles. The van der Waals surface area contributed by atoms with Crippen molar-refractivity contribution in [2.75, 3.05) is 0 Å². The Morgan fingerprint density at radius 1 is 1.05 bits per heavy atom. The van der Waals surface area contributed by atoms with Crippen LogP contribution in [0.1, 0.15) is 0 Å².